The minimum absolute atomic E-state index is 0.0758. The predicted octanol–water partition coefficient (Wildman–Crippen LogP) is 3.22. The Morgan fingerprint density at radius 3 is 2.79 bits per heavy atom. The van der Waals surface area contributed by atoms with Crippen LogP contribution in [0.5, 0.6) is 0 Å². The third-order valence-electron chi connectivity index (χ3n) is 4.97. The molecule has 1 aromatic carbocycles. The maximum Gasteiger partial charge on any atom is 0.245 e. The van der Waals surface area contributed by atoms with Gasteiger partial charge in [0.15, 0.2) is 0 Å². The number of nitrogens with zero attached hydrogens (tertiary/aromatic N) is 1. The number of nitrogens with one attached hydrogen (secondary N) is 1. The van der Waals surface area contributed by atoms with Gasteiger partial charge < -0.3 is 9.73 Å². The highest BCUT2D eigenvalue weighted by molar-refractivity contribution is 7.89. The van der Waals surface area contributed by atoms with Gasteiger partial charge in [0.05, 0.1) is 6.54 Å². The summed E-state index contributed by atoms with van der Waals surface area (Å²) < 4.78 is 46.2. The Morgan fingerprint density at radius 2 is 2.07 bits per heavy atom. The van der Waals surface area contributed by atoms with E-state index in [4.69, 9.17) is 4.42 Å². The molecule has 1 amide bonds. The normalized spacial score (nSPS) is 18.1. The van der Waals surface area contributed by atoms with Gasteiger partial charge in [0.2, 0.25) is 15.9 Å². The van der Waals surface area contributed by atoms with Crippen LogP contribution >= 0.6 is 0 Å². The van der Waals surface area contributed by atoms with E-state index in [0.717, 1.165) is 18.2 Å². The molecule has 1 atom stereocenters. The van der Waals surface area contributed by atoms with E-state index in [1.54, 1.807) is 0 Å². The maximum absolute atomic E-state index is 14.0. The summed E-state index contributed by atoms with van der Waals surface area (Å²) >= 11 is 0. The van der Waals surface area contributed by atoms with Crippen LogP contribution in [0, 0.1) is 18.7 Å². The topological polar surface area (TPSA) is 79.6 Å². The number of amides is 1. The number of halogens is 1. The van der Waals surface area contributed by atoms with Gasteiger partial charge in [-0.1, -0.05) is 12.1 Å². The van der Waals surface area contributed by atoms with Crippen LogP contribution in [0.15, 0.2) is 45.7 Å². The Morgan fingerprint density at radius 1 is 1.29 bits per heavy atom. The number of hydrogen-bond acceptors (Lipinski definition) is 4. The highest BCUT2D eigenvalue weighted by Crippen LogP contribution is 2.27. The molecule has 1 N–H and O–H groups in total. The van der Waals surface area contributed by atoms with Crippen molar-refractivity contribution in [1.29, 1.82) is 0 Å². The van der Waals surface area contributed by atoms with Crippen LogP contribution in [0.25, 0.3) is 0 Å². The van der Waals surface area contributed by atoms with E-state index in [2.05, 4.69) is 5.32 Å². The lowest BCUT2D eigenvalue weighted by atomic mass is 9.94. The largest absolute Gasteiger partial charge is 0.465 e. The minimum atomic E-state index is -3.86. The number of carbonyl (C=O) groups excluding carboxylic acids is 1. The number of carbonyl (C=O) groups is 1. The van der Waals surface area contributed by atoms with E-state index in [1.807, 2.05) is 19.1 Å². The molecule has 1 aliphatic heterocycles. The third-order valence-corrected chi connectivity index (χ3v) is 6.87. The second-order valence-corrected chi connectivity index (χ2v) is 9.04. The highest BCUT2D eigenvalue weighted by atomic mass is 32.2. The number of furan rings is 1. The average molecular weight is 408 g/mol. The zero-order valence-corrected chi connectivity index (χ0v) is 16.7. The average Bonchev–Trinajstić information content (AvgIpc) is 3.10. The quantitative estimate of drug-likeness (QED) is 0.763. The van der Waals surface area contributed by atoms with Crippen molar-refractivity contribution in [3.05, 3.63) is 53.7 Å². The Balaban J connectivity index is 1.52. The molecule has 8 heteroatoms. The first-order chi connectivity index (χ1) is 13.4. The first-order valence-corrected chi connectivity index (χ1v) is 10.9. The van der Waals surface area contributed by atoms with Crippen molar-refractivity contribution < 1.29 is 22.0 Å². The predicted molar refractivity (Wildman–Crippen MR) is 102 cm³/mol. The fourth-order valence-corrected chi connectivity index (χ4v) is 5.08. The Bertz CT molecular complexity index is 926. The molecule has 152 valence electrons. The van der Waals surface area contributed by atoms with E-state index < -0.39 is 15.8 Å². The summed E-state index contributed by atoms with van der Waals surface area (Å²) in [6.07, 6.45) is 2.46. The Hall–Kier alpha value is -2.19. The van der Waals surface area contributed by atoms with Crippen molar-refractivity contribution in [2.45, 2.75) is 44.0 Å². The smallest absolute Gasteiger partial charge is 0.245 e. The van der Waals surface area contributed by atoms with Crippen molar-refractivity contribution in [1.82, 2.24) is 9.62 Å². The molecule has 6 nitrogen and oxygen atoms in total. The van der Waals surface area contributed by atoms with Gasteiger partial charge in [0, 0.05) is 19.5 Å². The molecule has 0 aliphatic carbocycles. The summed E-state index contributed by atoms with van der Waals surface area (Å²) in [5.74, 6) is 0.737. The first-order valence-electron chi connectivity index (χ1n) is 9.43. The van der Waals surface area contributed by atoms with Crippen LogP contribution in [-0.2, 0) is 21.4 Å². The molecule has 1 fully saturated rings. The SMILES string of the molecule is Cc1ccc(CNC(=O)CCC2CCCN(S(=O)(=O)c3ccccc3F)C2)o1. The van der Waals surface area contributed by atoms with Crippen LogP contribution in [-0.4, -0.2) is 31.7 Å². The molecule has 0 spiro atoms. The van der Waals surface area contributed by atoms with E-state index >= 15 is 0 Å². The Kier molecular flexibility index (Phi) is 6.51. The van der Waals surface area contributed by atoms with Crippen molar-refractivity contribution in [3.8, 4) is 0 Å². The molecule has 0 saturated carbocycles. The fourth-order valence-electron chi connectivity index (χ4n) is 3.46. The lowest BCUT2D eigenvalue weighted by Crippen LogP contribution is -2.40. The van der Waals surface area contributed by atoms with Crippen molar-refractivity contribution >= 4 is 15.9 Å². The molecule has 1 aliphatic rings. The van der Waals surface area contributed by atoms with Crippen LogP contribution in [0.2, 0.25) is 0 Å². The lowest BCUT2D eigenvalue weighted by Gasteiger charge is -2.32. The molecular weight excluding hydrogens is 383 g/mol. The first kappa shape index (κ1) is 20.5. The van der Waals surface area contributed by atoms with E-state index in [9.17, 15) is 17.6 Å². The highest BCUT2D eigenvalue weighted by Gasteiger charge is 2.32. The maximum atomic E-state index is 14.0. The van der Waals surface area contributed by atoms with E-state index in [-0.39, 0.29) is 16.7 Å². The van der Waals surface area contributed by atoms with Gasteiger partial charge in [-0.05, 0) is 56.4 Å². The van der Waals surface area contributed by atoms with Crippen LogP contribution in [0.1, 0.15) is 37.2 Å². The summed E-state index contributed by atoms with van der Waals surface area (Å²) in [7, 11) is -3.86. The summed E-state index contributed by atoms with van der Waals surface area (Å²) in [4.78, 5) is 11.8. The lowest BCUT2D eigenvalue weighted by molar-refractivity contribution is -0.121. The molecule has 1 saturated heterocycles. The Labute approximate surface area is 164 Å². The van der Waals surface area contributed by atoms with Gasteiger partial charge in [0.1, 0.15) is 22.2 Å². The molecule has 3 rings (SSSR count). The monoisotopic (exact) mass is 408 g/mol. The number of sulfonamides is 1. The van der Waals surface area contributed by atoms with Crippen molar-refractivity contribution in [2.24, 2.45) is 5.92 Å². The third kappa shape index (κ3) is 4.99. The fraction of sp³-hybridized carbons (Fsp3) is 0.450. The van der Waals surface area contributed by atoms with Crippen molar-refractivity contribution in [3.63, 3.8) is 0 Å². The second-order valence-electron chi connectivity index (χ2n) is 7.13. The van der Waals surface area contributed by atoms with Gasteiger partial charge in [-0.2, -0.15) is 4.31 Å². The molecule has 28 heavy (non-hydrogen) atoms. The van der Waals surface area contributed by atoms with Gasteiger partial charge >= 0.3 is 0 Å². The number of rotatable bonds is 7. The summed E-state index contributed by atoms with van der Waals surface area (Å²) in [5, 5.41) is 2.81. The van der Waals surface area contributed by atoms with Gasteiger partial charge in [-0.15, -0.1) is 0 Å². The van der Waals surface area contributed by atoms with Crippen LogP contribution in [0.3, 0.4) is 0 Å². The van der Waals surface area contributed by atoms with E-state index in [1.165, 1.54) is 22.5 Å². The van der Waals surface area contributed by atoms with Crippen LogP contribution < -0.4 is 5.32 Å². The standard InChI is InChI=1S/C20H25FN2O4S/c1-15-8-10-17(27-15)13-22-20(24)11-9-16-5-4-12-23(14-16)28(25,26)19-7-3-2-6-18(19)21/h2-3,6-8,10,16H,4-5,9,11-14H2,1H3,(H,22,24). The zero-order chi connectivity index (χ0) is 20.1. The summed E-state index contributed by atoms with van der Waals surface area (Å²) in [6.45, 7) is 2.86. The molecule has 2 aromatic rings. The van der Waals surface area contributed by atoms with Gasteiger partial charge in [0.25, 0.3) is 0 Å². The summed E-state index contributed by atoms with van der Waals surface area (Å²) in [6, 6.07) is 9.09. The second kappa shape index (κ2) is 8.87. The molecule has 2 heterocycles. The summed E-state index contributed by atoms with van der Waals surface area (Å²) in [5.41, 5.74) is 0. The molecule has 0 radical (unpaired) electrons. The van der Waals surface area contributed by atoms with E-state index in [0.29, 0.717) is 44.7 Å². The number of hydrogen-bond donors (Lipinski definition) is 1. The molecular formula is C20H25FN2O4S. The zero-order valence-electron chi connectivity index (χ0n) is 15.9. The molecule has 0 bridgehead atoms. The molecule has 1 unspecified atom stereocenters. The number of piperidine rings is 1. The van der Waals surface area contributed by atoms with Crippen molar-refractivity contribution in [2.75, 3.05) is 13.1 Å². The van der Waals surface area contributed by atoms with Gasteiger partial charge in [-0.25, -0.2) is 12.8 Å². The number of benzene rings is 1. The van der Waals surface area contributed by atoms with Crippen LogP contribution in [0.4, 0.5) is 4.39 Å². The number of aryl methyl sites for hydroxylation is 1. The van der Waals surface area contributed by atoms with Gasteiger partial charge in [-0.3, -0.25) is 4.79 Å². The minimum Gasteiger partial charge on any atom is -0.465 e. The molecule has 1 aromatic heterocycles.